The molecule has 0 aromatic heterocycles. The SMILES string of the molecule is CC(CCCP(Br)(c1ccccc1)(c1ccccc1)c1ccccc1)C(=O)O. The summed E-state index contributed by atoms with van der Waals surface area (Å²) in [6.07, 6.45) is 2.36. The van der Waals surface area contributed by atoms with Crippen LogP contribution >= 0.6 is 20.8 Å². The summed E-state index contributed by atoms with van der Waals surface area (Å²) in [6, 6.07) is 31.9. The summed E-state index contributed by atoms with van der Waals surface area (Å²) >= 11 is 4.39. The van der Waals surface area contributed by atoms with Crippen LogP contribution < -0.4 is 15.9 Å². The summed E-state index contributed by atoms with van der Waals surface area (Å²) in [5.41, 5.74) is 0. The molecule has 3 aromatic rings. The molecular formula is C24H26BrO2P. The van der Waals surface area contributed by atoms with E-state index in [1.807, 2.05) is 18.2 Å². The van der Waals surface area contributed by atoms with Crippen LogP contribution in [-0.2, 0) is 4.79 Å². The summed E-state index contributed by atoms with van der Waals surface area (Å²) < 4.78 is 0. The number of carboxylic acid groups (broad SMARTS) is 1. The Balaban J connectivity index is 2.20. The third-order valence-corrected chi connectivity index (χ3v) is 15.6. The van der Waals surface area contributed by atoms with Crippen LogP contribution in [0.1, 0.15) is 19.8 Å². The van der Waals surface area contributed by atoms with Gasteiger partial charge in [-0.25, -0.2) is 0 Å². The van der Waals surface area contributed by atoms with E-state index in [9.17, 15) is 9.90 Å². The monoisotopic (exact) mass is 456 g/mol. The van der Waals surface area contributed by atoms with Crippen molar-refractivity contribution >= 4 is 42.7 Å². The topological polar surface area (TPSA) is 37.3 Å². The fourth-order valence-electron chi connectivity index (χ4n) is 3.87. The van der Waals surface area contributed by atoms with Gasteiger partial charge in [0.2, 0.25) is 0 Å². The molecule has 0 aliphatic heterocycles. The van der Waals surface area contributed by atoms with Crippen LogP contribution in [0.3, 0.4) is 0 Å². The number of rotatable bonds is 8. The number of carboxylic acids is 1. The molecule has 28 heavy (non-hydrogen) atoms. The van der Waals surface area contributed by atoms with Crippen LogP contribution in [0, 0.1) is 5.92 Å². The van der Waals surface area contributed by atoms with Crippen LogP contribution in [0.25, 0.3) is 0 Å². The Morgan fingerprint density at radius 3 is 1.50 bits per heavy atom. The fourth-order valence-corrected chi connectivity index (χ4v) is 11.6. The maximum atomic E-state index is 11.3. The molecule has 0 aliphatic carbocycles. The molecule has 3 aromatic carbocycles. The standard InChI is InChI=1S/C24H26BrO2P/c1-20(24(26)27)12-11-19-28(25,21-13-5-2-6-14-21,22-15-7-3-8-16-22)23-17-9-4-10-18-23/h2-10,13-18,20H,11-12,19H2,1H3,(H,26,27). The summed E-state index contributed by atoms with van der Waals surface area (Å²) in [5, 5.41) is 10.2. The van der Waals surface area contributed by atoms with Crippen LogP contribution in [0.15, 0.2) is 91.0 Å². The molecule has 1 N–H and O–H groups in total. The van der Waals surface area contributed by atoms with Crippen molar-refractivity contribution in [3.8, 4) is 0 Å². The van der Waals surface area contributed by atoms with Gasteiger partial charge in [-0.2, -0.15) is 0 Å². The molecule has 0 radical (unpaired) electrons. The molecule has 0 saturated carbocycles. The Labute approximate surface area is 175 Å². The zero-order valence-electron chi connectivity index (χ0n) is 16.0. The fraction of sp³-hybridized carbons (Fsp3) is 0.208. The summed E-state index contributed by atoms with van der Waals surface area (Å²) in [6.45, 7) is 1.79. The molecule has 0 fully saturated rings. The molecule has 2 nitrogen and oxygen atoms in total. The Hall–Kier alpha value is -1.96. The zero-order valence-corrected chi connectivity index (χ0v) is 18.5. The Bertz CT molecular complexity index is 814. The number of carbonyl (C=O) groups is 1. The molecule has 0 bridgehead atoms. The molecule has 0 aliphatic rings. The molecule has 0 saturated heterocycles. The van der Waals surface area contributed by atoms with E-state index in [1.54, 1.807) is 6.92 Å². The van der Waals surface area contributed by atoms with Crippen LogP contribution in [0.5, 0.6) is 0 Å². The van der Waals surface area contributed by atoms with E-state index in [4.69, 9.17) is 0 Å². The Morgan fingerprint density at radius 2 is 1.18 bits per heavy atom. The number of aliphatic carboxylic acids is 1. The van der Waals surface area contributed by atoms with Gasteiger partial charge in [0.05, 0.1) is 0 Å². The summed E-state index contributed by atoms with van der Waals surface area (Å²) in [7, 11) is 0. The van der Waals surface area contributed by atoms with Crippen molar-refractivity contribution in [1.82, 2.24) is 0 Å². The van der Waals surface area contributed by atoms with Gasteiger partial charge in [-0.1, -0.05) is 0 Å². The first-order valence-electron chi connectivity index (χ1n) is 9.59. The number of halogens is 1. The third kappa shape index (κ3) is 3.79. The van der Waals surface area contributed by atoms with Crippen molar-refractivity contribution in [3.05, 3.63) is 91.0 Å². The van der Waals surface area contributed by atoms with Gasteiger partial charge >= 0.3 is 175 Å². The van der Waals surface area contributed by atoms with Gasteiger partial charge in [0.1, 0.15) is 0 Å². The van der Waals surface area contributed by atoms with Crippen LogP contribution in [0.2, 0.25) is 0 Å². The van der Waals surface area contributed by atoms with Gasteiger partial charge in [0.25, 0.3) is 0 Å². The zero-order chi connectivity index (χ0) is 20.1. The van der Waals surface area contributed by atoms with Crippen LogP contribution in [-0.4, -0.2) is 17.2 Å². The van der Waals surface area contributed by atoms with Crippen molar-refractivity contribution in [2.45, 2.75) is 19.8 Å². The quantitative estimate of drug-likeness (QED) is 0.465. The molecular weight excluding hydrogens is 431 g/mol. The van der Waals surface area contributed by atoms with E-state index in [-0.39, 0.29) is 5.92 Å². The van der Waals surface area contributed by atoms with E-state index < -0.39 is 11.3 Å². The first-order chi connectivity index (χ1) is 13.5. The predicted molar refractivity (Wildman–Crippen MR) is 125 cm³/mol. The third-order valence-electron chi connectivity index (χ3n) is 5.52. The van der Waals surface area contributed by atoms with Gasteiger partial charge in [-0.05, 0) is 0 Å². The number of hydrogen-bond donors (Lipinski definition) is 1. The molecule has 1 atom stereocenters. The van der Waals surface area contributed by atoms with Gasteiger partial charge < -0.3 is 0 Å². The molecule has 0 heterocycles. The summed E-state index contributed by atoms with van der Waals surface area (Å²) in [4.78, 5) is 11.3. The number of benzene rings is 3. The number of hydrogen-bond acceptors (Lipinski definition) is 1. The second kappa shape index (κ2) is 8.59. The summed E-state index contributed by atoms with van der Waals surface area (Å²) in [5.74, 6) is -1.07. The predicted octanol–water partition coefficient (Wildman–Crippen LogP) is 5.33. The molecule has 0 amide bonds. The van der Waals surface area contributed by atoms with Gasteiger partial charge in [-0.15, -0.1) is 0 Å². The molecule has 146 valence electrons. The van der Waals surface area contributed by atoms with Crippen molar-refractivity contribution in [1.29, 1.82) is 0 Å². The molecule has 3 rings (SSSR count). The normalized spacial score (nSPS) is 14.0. The molecule has 1 unspecified atom stereocenters. The minimum absolute atomic E-state index is 0.344. The second-order valence-corrected chi connectivity index (χ2v) is 16.4. The Morgan fingerprint density at radius 1 is 0.821 bits per heavy atom. The maximum absolute atomic E-state index is 11.3. The average molecular weight is 457 g/mol. The van der Waals surface area contributed by atoms with Crippen molar-refractivity contribution < 1.29 is 9.90 Å². The second-order valence-electron chi connectivity index (χ2n) is 7.29. The first kappa shape index (κ1) is 20.8. The molecule has 4 heteroatoms. The van der Waals surface area contributed by atoms with Crippen molar-refractivity contribution in [2.75, 3.05) is 6.16 Å². The van der Waals surface area contributed by atoms with E-state index >= 15 is 0 Å². The first-order valence-corrected chi connectivity index (χ1v) is 14.0. The van der Waals surface area contributed by atoms with Gasteiger partial charge in [0.15, 0.2) is 0 Å². The van der Waals surface area contributed by atoms with E-state index in [0.717, 1.165) is 12.6 Å². The Kier molecular flexibility index (Phi) is 6.37. The van der Waals surface area contributed by atoms with E-state index in [0.29, 0.717) is 6.42 Å². The van der Waals surface area contributed by atoms with Crippen molar-refractivity contribution in [3.63, 3.8) is 0 Å². The van der Waals surface area contributed by atoms with Crippen molar-refractivity contribution in [2.24, 2.45) is 5.92 Å². The average Bonchev–Trinajstić information content (AvgIpc) is 2.75. The van der Waals surface area contributed by atoms with E-state index in [1.165, 1.54) is 15.9 Å². The van der Waals surface area contributed by atoms with Gasteiger partial charge in [0, 0.05) is 0 Å². The van der Waals surface area contributed by atoms with Crippen LogP contribution in [0.4, 0.5) is 0 Å². The minimum atomic E-state index is -2.92. The molecule has 0 spiro atoms. The van der Waals surface area contributed by atoms with E-state index in [2.05, 4.69) is 88.3 Å². The van der Waals surface area contributed by atoms with Gasteiger partial charge in [-0.3, -0.25) is 0 Å².